The first-order chi connectivity index (χ1) is 9.20. The fourth-order valence-corrected chi connectivity index (χ4v) is 2.00. The molecule has 0 saturated carbocycles. The van der Waals surface area contributed by atoms with Gasteiger partial charge >= 0.3 is 0 Å². The average molecular weight is 280 g/mol. The third-order valence-corrected chi connectivity index (χ3v) is 3.01. The van der Waals surface area contributed by atoms with E-state index in [1.807, 2.05) is 19.2 Å². The third kappa shape index (κ3) is 3.69. The summed E-state index contributed by atoms with van der Waals surface area (Å²) in [5, 5.41) is 3.58. The highest BCUT2D eigenvalue weighted by atomic mass is 35.5. The predicted octanol–water partition coefficient (Wildman–Crippen LogP) is 3.78. The zero-order valence-corrected chi connectivity index (χ0v) is 11.4. The molecule has 0 atom stereocenters. The first-order valence-electron chi connectivity index (χ1n) is 6.00. The Balaban J connectivity index is 2.06. The van der Waals surface area contributed by atoms with Crippen LogP contribution in [-0.4, -0.2) is 7.05 Å². The van der Waals surface area contributed by atoms with E-state index >= 15 is 0 Å². The van der Waals surface area contributed by atoms with E-state index in [0.29, 0.717) is 16.3 Å². The van der Waals surface area contributed by atoms with E-state index in [4.69, 9.17) is 16.3 Å². The van der Waals surface area contributed by atoms with Crippen molar-refractivity contribution in [1.82, 2.24) is 5.32 Å². The van der Waals surface area contributed by atoms with Crippen LogP contribution in [0.15, 0.2) is 42.5 Å². The molecule has 0 unspecified atom stereocenters. The number of nitrogens with one attached hydrogen (secondary N) is 1. The SMILES string of the molecule is CNCc1ccc(OCc2ccccc2F)c(Cl)c1. The molecule has 0 aliphatic carbocycles. The summed E-state index contributed by atoms with van der Waals surface area (Å²) in [5.41, 5.74) is 1.59. The quantitative estimate of drug-likeness (QED) is 0.899. The Bertz CT molecular complexity index is 560. The maximum Gasteiger partial charge on any atom is 0.138 e. The fourth-order valence-electron chi connectivity index (χ4n) is 1.75. The molecule has 19 heavy (non-hydrogen) atoms. The lowest BCUT2D eigenvalue weighted by Crippen LogP contribution is -2.05. The van der Waals surface area contributed by atoms with Crippen molar-refractivity contribution in [2.45, 2.75) is 13.2 Å². The normalized spacial score (nSPS) is 10.5. The molecule has 0 bridgehead atoms. The smallest absolute Gasteiger partial charge is 0.138 e. The van der Waals surface area contributed by atoms with Gasteiger partial charge < -0.3 is 10.1 Å². The van der Waals surface area contributed by atoms with E-state index in [2.05, 4.69) is 5.32 Å². The van der Waals surface area contributed by atoms with Crippen molar-refractivity contribution >= 4 is 11.6 Å². The first-order valence-corrected chi connectivity index (χ1v) is 6.37. The highest BCUT2D eigenvalue weighted by molar-refractivity contribution is 6.32. The standard InChI is InChI=1S/C15H15ClFNO/c1-18-9-11-6-7-15(13(16)8-11)19-10-12-4-2-3-5-14(12)17/h2-8,18H,9-10H2,1H3. The minimum Gasteiger partial charge on any atom is -0.487 e. The second kappa shape index (κ2) is 6.55. The van der Waals surface area contributed by atoms with Crippen molar-refractivity contribution in [3.05, 3.63) is 64.4 Å². The molecule has 0 spiro atoms. The van der Waals surface area contributed by atoms with Crippen LogP contribution in [0.3, 0.4) is 0 Å². The van der Waals surface area contributed by atoms with Crippen molar-refractivity contribution in [3.8, 4) is 5.75 Å². The van der Waals surface area contributed by atoms with Crippen molar-refractivity contribution in [2.24, 2.45) is 0 Å². The zero-order chi connectivity index (χ0) is 13.7. The van der Waals surface area contributed by atoms with Crippen LogP contribution in [0, 0.1) is 5.82 Å². The topological polar surface area (TPSA) is 21.3 Å². The van der Waals surface area contributed by atoms with Crippen LogP contribution in [0.25, 0.3) is 0 Å². The third-order valence-electron chi connectivity index (χ3n) is 2.72. The van der Waals surface area contributed by atoms with Crippen LogP contribution in [0.4, 0.5) is 4.39 Å². The van der Waals surface area contributed by atoms with Crippen LogP contribution in [0.2, 0.25) is 5.02 Å². The second-order valence-corrected chi connectivity index (χ2v) is 4.58. The number of ether oxygens (including phenoxy) is 1. The molecule has 2 aromatic carbocycles. The van der Waals surface area contributed by atoms with Gasteiger partial charge in [0.05, 0.1) is 5.02 Å². The molecule has 2 rings (SSSR count). The molecule has 0 aliphatic heterocycles. The van der Waals surface area contributed by atoms with Gasteiger partial charge in [-0.2, -0.15) is 0 Å². The van der Waals surface area contributed by atoms with Gasteiger partial charge in [-0.1, -0.05) is 35.9 Å². The summed E-state index contributed by atoms with van der Waals surface area (Å²) in [6.07, 6.45) is 0. The van der Waals surface area contributed by atoms with Crippen LogP contribution in [-0.2, 0) is 13.2 Å². The molecule has 0 saturated heterocycles. The molecule has 4 heteroatoms. The fraction of sp³-hybridized carbons (Fsp3) is 0.200. The number of rotatable bonds is 5. The van der Waals surface area contributed by atoms with E-state index in [9.17, 15) is 4.39 Å². The second-order valence-electron chi connectivity index (χ2n) is 4.18. The molecule has 2 aromatic rings. The number of hydrogen-bond acceptors (Lipinski definition) is 2. The van der Waals surface area contributed by atoms with Gasteiger partial charge in [0.15, 0.2) is 0 Å². The van der Waals surface area contributed by atoms with Gasteiger partial charge in [-0.05, 0) is 30.8 Å². The van der Waals surface area contributed by atoms with Gasteiger partial charge in [0.2, 0.25) is 0 Å². The lowest BCUT2D eigenvalue weighted by Gasteiger charge is -2.10. The van der Waals surface area contributed by atoms with E-state index in [1.54, 1.807) is 24.3 Å². The Kier molecular flexibility index (Phi) is 4.77. The molecule has 0 heterocycles. The molecule has 0 aromatic heterocycles. The monoisotopic (exact) mass is 279 g/mol. The Labute approximate surface area is 117 Å². The van der Waals surface area contributed by atoms with Gasteiger partial charge in [0.1, 0.15) is 18.2 Å². The minimum atomic E-state index is -0.273. The van der Waals surface area contributed by atoms with Gasteiger partial charge in [-0.15, -0.1) is 0 Å². The Morgan fingerprint density at radius 1 is 1.21 bits per heavy atom. The summed E-state index contributed by atoms with van der Waals surface area (Å²) in [4.78, 5) is 0. The number of halogens is 2. The maximum absolute atomic E-state index is 13.4. The van der Waals surface area contributed by atoms with Crippen molar-refractivity contribution in [3.63, 3.8) is 0 Å². The highest BCUT2D eigenvalue weighted by Gasteiger charge is 2.05. The molecule has 1 N–H and O–H groups in total. The van der Waals surface area contributed by atoms with E-state index < -0.39 is 0 Å². The summed E-state index contributed by atoms with van der Waals surface area (Å²) in [6, 6.07) is 12.1. The highest BCUT2D eigenvalue weighted by Crippen LogP contribution is 2.26. The molecule has 0 amide bonds. The van der Waals surface area contributed by atoms with Crippen LogP contribution >= 0.6 is 11.6 Å². The van der Waals surface area contributed by atoms with E-state index in [0.717, 1.165) is 12.1 Å². The molecular weight excluding hydrogens is 265 g/mol. The maximum atomic E-state index is 13.4. The molecule has 0 aliphatic rings. The number of benzene rings is 2. The largest absolute Gasteiger partial charge is 0.487 e. The molecule has 0 fully saturated rings. The van der Waals surface area contributed by atoms with E-state index in [1.165, 1.54) is 6.07 Å². The van der Waals surface area contributed by atoms with Gasteiger partial charge in [0.25, 0.3) is 0 Å². The van der Waals surface area contributed by atoms with Crippen molar-refractivity contribution < 1.29 is 9.13 Å². The first kappa shape index (κ1) is 13.8. The summed E-state index contributed by atoms with van der Waals surface area (Å²) in [6.45, 7) is 0.908. The molecular formula is C15H15ClFNO. The molecule has 2 nitrogen and oxygen atoms in total. The van der Waals surface area contributed by atoms with Crippen LogP contribution in [0.5, 0.6) is 5.75 Å². The minimum absolute atomic E-state index is 0.164. The van der Waals surface area contributed by atoms with Crippen LogP contribution in [0.1, 0.15) is 11.1 Å². The average Bonchev–Trinajstić information content (AvgIpc) is 2.40. The van der Waals surface area contributed by atoms with Gasteiger partial charge in [0, 0.05) is 12.1 Å². The number of hydrogen-bond donors (Lipinski definition) is 1. The van der Waals surface area contributed by atoms with Crippen LogP contribution < -0.4 is 10.1 Å². The lowest BCUT2D eigenvalue weighted by atomic mass is 10.2. The Morgan fingerprint density at radius 3 is 2.68 bits per heavy atom. The van der Waals surface area contributed by atoms with Crippen molar-refractivity contribution in [1.29, 1.82) is 0 Å². The summed E-state index contributed by atoms with van der Waals surface area (Å²) < 4.78 is 19.0. The Morgan fingerprint density at radius 2 is 2.00 bits per heavy atom. The summed E-state index contributed by atoms with van der Waals surface area (Å²) in [5.74, 6) is 0.287. The predicted molar refractivity (Wildman–Crippen MR) is 74.9 cm³/mol. The summed E-state index contributed by atoms with van der Waals surface area (Å²) in [7, 11) is 1.87. The van der Waals surface area contributed by atoms with Crippen molar-refractivity contribution in [2.75, 3.05) is 7.05 Å². The van der Waals surface area contributed by atoms with E-state index in [-0.39, 0.29) is 12.4 Å². The molecule has 100 valence electrons. The Hall–Kier alpha value is -1.58. The van der Waals surface area contributed by atoms with Gasteiger partial charge in [-0.25, -0.2) is 4.39 Å². The van der Waals surface area contributed by atoms with Gasteiger partial charge in [-0.3, -0.25) is 0 Å². The lowest BCUT2D eigenvalue weighted by molar-refractivity contribution is 0.300. The molecule has 0 radical (unpaired) electrons. The summed E-state index contributed by atoms with van der Waals surface area (Å²) >= 11 is 6.12. The zero-order valence-electron chi connectivity index (χ0n) is 10.6.